The minimum atomic E-state index is -1.33. The van der Waals surface area contributed by atoms with E-state index in [9.17, 15) is 18.8 Å². The van der Waals surface area contributed by atoms with Crippen molar-refractivity contribution in [3.63, 3.8) is 0 Å². The lowest BCUT2D eigenvalue weighted by atomic mass is 10.0. The Bertz CT molecular complexity index is 642. The summed E-state index contributed by atoms with van der Waals surface area (Å²) in [7, 11) is 0. The Morgan fingerprint density at radius 3 is 2.50 bits per heavy atom. The smallest absolute Gasteiger partial charge is 0.408 e. The number of carboxylic acids is 1. The SMILES string of the molecule is CC(C)(C)OC(=O)NC(CCC(=O)c1cc(Cl)ccc1F)C(=O)O. The molecular formula is C16H19ClFNO5. The number of hydrogen-bond donors (Lipinski definition) is 2. The van der Waals surface area contributed by atoms with Crippen LogP contribution in [0.25, 0.3) is 0 Å². The maximum absolute atomic E-state index is 13.6. The molecule has 0 fully saturated rings. The van der Waals surface area contributed by atoms with E-state index in [0.717, 1.165) is 6.07 Å². The molecule has 0 radical (unpaired) electrons. The average molecular weight is 360 g/mol. The summed E-state index contributed by atoms with van der Waals surface area (Å²) in [5.41, 5.74) is -1.00. The third-order valence-electron chi connectivity index (χ3n) is 2.88. The molecule has 8 heteroatoms. The fraction of sp³-hybridized carbons (Fsp3) is 0.438. The molecule has 24 heavy (non-hydrogen) atoms. The minimum Gasteiger partial charge on any atom is -0.480 e. The molecule has 1 atom stereocenters. The summed E-state index contributed by atoms with van der Waals surface area (Å²) in [6, 6.07) is 2.21. The first-order valence-corrected chi connectivity index (χ1v) is 7.58. The Morgan fingerprint density at radius 1 is 1.33 bits per heavy atom. The highest BCUT2D eigenvalue weighted by atomic mass is 35.5. The molecule has 1 rings (SSSR count). The van der Waals surface area contributed by atoms with Gasteiger partial charge in [0.2, 0.25) is 0 Å². The van der Waals surface area contributed by atoms with Crippen molar-refractivity contribution in [1.82, 2.24) is 5.32 Å². The molecule has 6 nitrogen and oxygen atoms in total. The maximum Gasteiger partial charge on any atom is 0.408 e. The second kappa shape index (κ2) is 8.10. The molecule has 1 aromatic rings. The summed E-state index contributed by atoms with van der Waals surface area (Å²) >= 11 is 5.72. The first-order chi connectivity index (χ1) is 11.0. The second-order valence-corrected chi connectivity index (χ2v) is 6.56. The summed E-state index contributed by atoms with van der Waals surface area (Å²) in [6.45, 7) is 4.90. The number of alkyl carbamates (subject to hydrolysis) is 1. The number of benzene rings is 1. The van der Waals surface area contributed by atoms with Gasteiger partial charge in [-0.3, -0.25) is 4.79 Å². The molecule has 1 aromatic carbocycles. The number of amides is 1. The number of ether oxygens (including phenoxy) is 1. The number of halogens is 2. The van der Waals surface area contributed by atoms with E-state index in [1.165, 1.54) is 12.1 Å². The molecule has 2 N–H and O–H groups in total. The van der Waals surface area contributed by atoms with Gasteiger partial charge in [0.05, 0.1) is 5.56 Å². The van der Waals surface area contributed by atoms with Crippen LogP contribution in [0, 0.1) is 5.82 Å². The van der Waals surface area contributed by atoms with Crippen molar-refractivity contribution in [2.24, 2.45) is 0 Å². The highest BCUT2D eigenvalue weighted by Crippen LogP contribution is 2.17. The van der Waals surface area contributed by atoms with Crippen LogP contribution < -0.4 is 5.32 Å². The number of nitrogens with one attached hydrogen (secondary N) is 1. The van der Waals surface area contributed by atoms with E-state index < -0.39 is 35.3 Å². The number of hydrogen-bond acceptors (Lipinski definition) is 4. The van der Waals surface area contributed by atoms with Gasteiger partial charge in [-0.15, -0.1) is 0 Å². The fourth-order valence-corrected chi connectivity index (χ4v) is 2.00. The topological polar surface area (TPSA) is 92.7 Å². The van der Waals surface area contributed by atoms with Crippen LogP contribution in [0.5, 0.6) is 0 Å². The first kappa shape index (κ1) is 19.9. The molecule has 1 unspecified atom stereocenters. The number of rotatable bonds is 6. The summed E-state index contributed by atoms with van der Waals surface area (Å²) in [5, 5.41) is 11.5. The monoisotopic (exact) mass is 359 g/mol. The lowest BCUT2D eigenvalue weighted by Crippen LogP contribution is -2.43. The Balaban J connectivity index is 2.70. The van der Waals surface area contributed by atoms with Crippen LogP contribution in [-0.4, -0.2) is 34.6 Å². The minimum absolute atomic E-state index is 0.196. The van der Waals surface area contributed by atoms with Crippen molar-refractivity contribution in [1.29, 1.82) is 0 Å². The summed E-state index contributed by atoms with van der Waals surface area (Å²) in [4.78, 5) is 34.8. The van der Waals surface area contributed by atoms with E-state index in [1.807, 2.05) is 0 Å². The molecule has 0 aliphatic heterocycles. The van der Waals surface area contributed by atoms with Gasteiger partial charge in [-0.05, 0) is 45.4 Å². The fourth-order valence-electron chi connectivity index (χ4n) is 1.83. The summed E-state index contributed by atoms with van der Waals surface area (Å²) in [6.07, 6.45) is -1.39. The van der Waals surface area contributed by atoms with Gasteiger partial charge in [0.25, 0.3) is 0 Å². The Hall–Kier alpha value is -2.15. The number of aliphatic carboxylic acids is 1. The van der Waals surface area contributed by atoms with E-state index in [-0.39, 0.29) is 23.4 Å². The number of carbonyl (C=O) groups excluding carboxylic acids is 2. The molecule has 1 amide bonds. The van der Waals surface area contributed by atoms with Gasteiger partial charge >= 0.3 is 12.1 Å². The highest BCUT2D eigenvalue weighted by Gasteiger charge is 2.25. The molecule has 0 aliphatic carbocycles. The standard InChI is InChI=1S/C16H19ClFNO5/c1-16(2,3)24-15(23)19-12(14(21)22)6-7-13(20)10-8-9(17)4-5-11(10)18/h4-5,8,12H,6-7H2,1-3H3,(H,19,23)(H,21,22). The van der Waals surface area contributed by atoms with Crippen LogP contribution in [0.4, 0.5) is 9.18 Å². The van der Waals surface area contributed by atoms with Gasteiger partial charge in [0.15, 0.2) is 5.78 Å². The largest absolute Gasteiger partial charge is 0.480 e. The van der Waals surface area contributed by atoms with Crippen molar-refractivity contribution in [2.45, 2.75) is 45.3 Å². The molecule has 0 heterocycles. The van der Waals surface area contributed by atoms with Crippen molar-refractivity contribution >= 4 is 29.4 Å². The molecule has 0 saturated heterocycles. The van der Waals surface area contributed by atoms with Gasteiger partial charge in [-0.2, -0.15) is 0 Å². The molecule has 0 aliphatic rings. The van der Waals surface area contributed by atoms with Gasteiger partial charge in [-0.1, -0.05) is 11.6 Å². The molecular weight excluding hydrogens is 341 g/mol. The van der Waals surface area contributed by atoms with Crippen LogP contribution in [0.15, 0.2) is 18.2 Å². The van der Waals surface area contributed by atoms with Gasteiger partial charge < -0.3 is 15.2 Å². The van der Waals surface area contributed by atoms with Crippen molar-refractivity contribution in [3.05, 3.63) is 34.6 Å². The quantitative estimate of drug-likeness (QED) is 0.759. The van der Waals surface area contributed by atoms with E-state index >= 15 is 0 Å². The molecule has 0 spiro atoms. The number of ketones is 1. The lowest BCUT2D eigenvalue weighted by Gasteiger charge is -2.21. The number of carbonyl (C=O) groups is 3. The van der Waals surface area contributed by atoms with Gasteiger partial charge in [-0.25, -0.2) is 14.0 Å². The molecule has 0 saturated carbocycles. The lowest BCUT2D eigenvalue weighted by molar-refractivity contribution is -0.139. The zero-order chi connectivity index (χ0) is 18.5. The summed E-state index contributed by atoms with van der Waals surface area (Å²) < 4.78 is 18.6. The highest BCUT2D eigenvalue weighted by molar-refractivity contribution is 6.31. The third kappa shape index (κ3) is 6.54. The van der Waals surface area contributed by atoms with Crippen molar-refractivity contribution < 1.29 is 28.6 Å². The van der Waals surface area contributed by atoms with Crippen LogP contribution in [0.1, 0.15) is 44.0 Å². The van der Waals surface area contributed by atoms with Crippen LogP contribution in [0.2, 0.25) is 5.02 Å². The van der Waals surface area contributed by atoms with E-state index in [1.54, 1.807) is 20.8 Å². The number of carboxylic acid groups (broad SMARTS) is 1. The van der Waals surface area contributed by atoms with Crippen LogP contribution in [0.3, 0.4) is 0 Å². The number of Topliss-reactive ketones (excluding diaryl/α,β-unsaturated/α-hetero) is 1. The summed E-state index contributed by atoms with van der Waals surface area (Å²) in [5.74, 6) is -2.66. The average Bonchev–Trinajstić information content (AvgIpc) is 2.43. The Labute approximate surface area is 143 Å². The predicted molar refractivity (Wildman–Crippen MR) is 85.8 cm³/mol. The van der Waals surface area contributed by atoms with Gasteiger partial charge in [0, 0.05) is 11.4 Å². The molecule has 0 aromatic heterocycles. The van der Waals surface area contributed by atoms with E-state index in [2.05, 4.69) is 5.32 Å². The molecule has 0 bridgehead atoms. The van der Waals surface area contributed by atoms with Crippen LogP contribution >= 0.6 is 11.6 Å². The van der Waals surface area contributed by atoms with E-state index in [4.69, 9.17) is 21.4 Å². The Morgan fingerprint density at radius 2 is 1.96 bits per heavy atom. The van der Waals surface area contributed by atoms with Crippen molar-refractivity contribution in [3.8, 4) is 0 Å². The van der Waals surface area contributed by atoms with Crippen molar-refractivity contribution in [2.75, 3.05) is 0 Å². The third-order valence-corrected chi connectivity index (χ3v) is 3.11. The first-order valence-electron chi connectivity index (χ1n) is 7.20. The Kier molecular flexibility index (Phi) is 6.71. The normalized spacial score (nSPS) is 12.4. The zero-order valence-corrected chi connectivity index (χ0v) is 14.3. The molecule has 132 valence electrons. The van der Waals surface area contributed by atoms with Crippen LogP contribution in [-0.2, 0) is 9.53 Å². The maximum atomic E-state index is 13.6. The second-order valence-electron chi connectivity index (χ2n) is 6.12. The zero-order valence-electron chi connectivity index (χ0n) is 13.6. The van der Waals surface area contributed by atoms with E-state index in [0.29, 0.717) is 0 Å². The van der Waals surface area contributed by atoms with Gasteiger partial charge in [0.1, 0.15) is 17.5 Å². The predicted octanol–water partition coefficient (Wildman–Crippen LogP) is 3.42.